The average molecular weight is 519 g/mol. The number of hydrogen-bond acceptors (Lipinski definition) is 5. The summed E-state index contributed by atoms with van der Waals surface area (Å²) in [7, 11) is -4.16. The fraction of sp³-hybridized carbons (Fsp3) is 0.0741. The molecule has 0 saturated carbocycles. The van der Waals surface area contributed by atoms with Crippen LogP contribution in [0.4, 0.5) is 15.8 Å². The smallest absolute Gasteiger partial charge is 0.264 e. The van der Waals surface area contributed by atoms with Gasteiger partial charge >= 0.3 is 0 Å². The lowest BCUT2D eigenvalue weighted by atomic mass is 10.1. The SMILES string of the molecule is O=C(CN(c1ccc(F)cc1)S(=O)(=O)c1ccccc1)Nc1ccccc1C(=O)NCc1cccnc1. The van der Waals surface area contributed by atoms with Crippen molar-refractivity contribution in [3.05, 3.63) is 120 Å². The van der Waals surface area contributed by atoms with E-state index in [1.807, 2.05) is 6.07 Å². The molecule has 2 amide bonds. The first-order chi connectivity index (χ1) is 17.8. The minimum Gasteiger partial charge on any atom is -0.348 e. The Kier molecular flexibility index (Phi) is 7.89. The standard InChI is InChI=1S/C27H23FN4O4S/c28-21-12-14-22(15-13-21)32(37(35,36)23-8-2-1-3-9-23)19-26(33)31-25-11-5-4-10-24(25)27(34)30-18-20-7-6-16-29-17-20/h1-17H,18-19H2,(H,30,34)(H,31,33). The van der Waals surface area contributed by atoms with E-state index in [4.69, 9.17) is 0 Å². The molecule has 0 fully saturated rings. The maximum absolute atomic E-state index is 13.5. The van der Waals surface area contributed by atoms with E-state index < -0.39 is 34.2 Å². The molecule has 4 aromatic rings. The highest BCUT2D eigenvalue weighted by molar-refractivity contribution is 7.92. The molecular weight excluding hydrogens is 495 g/mol. The number of halogens is 1. The summed E-state index contributed by atoms with van der Waals surface area (Å²) in [4.78, 5) is 29.9. The Morgan fingerprint density at radius 2 is 1.57 bits per heavy atom. The number of para-hydroxylation sites is 1. The van der Waals surface area contributed by atoms with Crippen LogP contribution in [0.3, 0.4) is 0 Å². The predicted molar refractivity (Wildman–Crippen MR) is 138 cm³/mol. The Morgan fingerprint density at radius 3 is 2.27 bits per heavy atom. The summed E-state index contributed by atoms with van der Waals surface area (Å²) < 4.78 is 41.2. The van der Waals surface area contributed by atoms with Gasteiger partial charge in [-0.1, -0.05) is 36.4 Å². The minimum absolute atomic E-state index is 0.0256. The van der Waals surface area contributed by atoms with Gasteiger partial charge in [0.25, 0.3) is 15.9 Å². The normalized spacial score (nSPS) is 10.9. The zero-order valence-corrected chi connectivity index (χ0v) is 20.4. The van der Waals surface area contributed by atoms with Gasteiger partial charge in [0.1, 0.15) is 12.4 Å². The fourth-order valence-electron chi connectivity index (χ4n) is 3.53. The second-order valence-corrected chi connectivity index (χ2v) is 9.80. The molecular formula is C27H23FN4O4S. The maximum Gasteiger partial charge on any atom is 0.264 e. The van der Waals surface area contributed by atoms with Gasteiger partial charge in [0, 0.05) is 18.9 Å². The molecule has 0 spiro atoms. The van der Waals surface area contributed by atoms with Crippen LogP contribution in [-0.2, 0) is 21.4 Å². The van der Waals surface area contributed by atoms with Crippen LogP contribution in [0.25, 0.3) is 0 Å². The molecule has 2 N–H and O–H groups in total. The van der Waals surface area contributed by atoms with E-state index in [-0.39, 0.29) is 28.4 Å². The molecule has 0 radical (unpaired) electrons. The van der Waals surface area contributed by atoms with Gasteiger partial charge in [-0.25, -0.2) is 12.8 Å². The van der Waals surface area contributed by atoms with Crippen LogP contribution < -0.4 is 14.9 Å². The number of carbonyl (C=O) groups excluding carboxylic acids is 2. The van der Waals surface area contributed by atoms with Crippen molar-refractivity contribution in [1.82, 2.24) is 10.3 Å². The van der Waals surface area contributed by atoms with Gasteiger partial charge in [-0.15, -0.1) is 0 Å². The third kappa shape index (κ3) is 6.36. The van der Waals surface area contributed by atoms with Gasteiger partial charge < -0.3 is 10.6 Å². The lowest BCUT2D eigenvalue weighted by Gasteiger charge is -2.24. The van der Waals surface area contributed by atoms with E-state index in [2.05, 4.69) is 15.6 Å². The summed E-state index contributed by atoms with van der Waals surface area (Å²) in [6.45, 7) is -0.364. The number of rotatable bonds is 9. The molecule has 10 heteroatoms. The van der Waals surface area contributed by atoms with Gasteiger partial charge in [0.2, 0.25) is 5.91 Å². The Balaban J connectivity index is 1.55. The zero-order chi connectivity index (χ0) is 26.3. The second kappa shape index (κ2) is 11.4. The number of anilines is 2. The van der Waals surface area contributed by atoms with Crippen molar-refractivity contribution < 1.29 is 22.4 Å². The molecule has 1 aromatic heterocycles. The van der Waals surface area contributed by atoms with Gasteiger partial charge in [-0.3, -0.25) is 18.9 Å². The van der Waals surface area contributed by atoms with Crippen LogP contribution in [0, 0.1) is 5.82 Å². The molecule has 3 aromatic carbocycles. The summed E-state index contributed by atoms with van der Waals surface area (Å²) in [5.41, 5.74) is 1.34. The number of nitrogens with zero attached hydrogens (tertiary/aromatic N) is 2. The number of amides is 2. The van der Waals surface area contributed by atoms with Crippen molar-refractivity contribution in [2.45, 2.75) is 11.4 Å². The van der Waals surface area contributed by atoms with E-state index in [0.29, 0.717) is 0 Å². The molecule has 4 rings (SSSR count). The molecule has 0 aliphatic carbocycles. The molecule has 188 valence electrons. The summed E-state index contributed by atoms with van der Waals surface area (Å²) in [6, 6.07) is 22.4. The third-order valence-electron chi connectivity index (χ3n) is 5.35. The van der Waals surface area contributed by atoms with Crippen LogP contribution in [0.15, 0.2) is 108 Å². The summed E-state index contributed by atoms with van der Waals surface area (Å²) in [5, 5.41) is 5.41. The van der Waals surface area contributed by atoms with Gasteiger partial charge in [-0.05, 0) is 60.2 Å². The summed E-state index contributed by atoms with van der Waals surface area (Å²) >= 11 is 0. The molecule has 0 aliphatic heterocycles. The van der Waals surface area contributed by atoms with Crippen molar-refractivity contribution in [2.75, 3.05) is 16.2 Å². The topological polar surface area (TPSA) is 108 Å². The number of sulfonamides is 1. The first kappa shape index (κ1) is 25.5. The molecule has 0 saturated heterocycles. The lowest BCUT2D eigenvalue weighted by Crippen LogP contribution is -2.38. The van der Waals surface area contributed by atoms with Crippen LogP contribution in [0.1, 0.15) is 15.9 Å². The molecule has 0 unspecified atom stereocenters. The van der Waals surface area contributed by atoms with Crippen molar-refractivity contribution in [3.8, 4) is 0 Å². The molecule has 8 nitrogen and oxygen atoms in total. The highest BCUT2D eigenvalue weighted by Gasteiger charge is 2.27. The van der Waals surface area contributed by atoms with Crippen LogP contribution in [0.5, 0.6) is 0 Å². The summed E-state index contributed by atoms with van der Waals surface area (Å²) in [6.07, 6.45) is 3.26. The quantitative estimate of drug-likeness (QED) is 0.348. The van der Waals surface area contributed by atoms with Crippen LogP contribution >= 0.6 is 0 Å². The number of pyridine rings is 1. The fourth-order valence-corrected chi connectivity index (χ4v) is 4.97. The van der Waals surface area contributed by atoms with E-state index in [1.54, 1.807) is 60.9 Å². The van der Waals surface area contributed by atoms with Crippen molar-refractivity contribution in [3.63, 3.8) is 0 Å². The van der Waals surface area contributed by atoms with Crippen molar-refractivity contribution in [1.29, 1.82) is 0 Å². The minimum atomic E-state index is -4.16. The number of nitrogens with one attached hydrogen (secondary N) is 2. The molecule has 37 heavy (non-hydrogen) atoms. The van der Waals surface area contributed by atoms with Crippen molar-refractivity contribution in [2.24, 2.45) is 0 Å². The lowest BCUT2D eigenvalue weighted by molar-refractivity contribution is -0.114. The maximum atomic E-state index is 13.5. The number of aromatic nitrogens is 1. The Bertz CT molecular complexity index is 1480. The van der Waals surface area contributed by atoms with E-state index >= 15 is 0 Å². The van der Waals surface area contributed by atoms with E-state index in [1.165, 1.54) is 24.3 Å². The van der Waals surface area contributed by atoms with Crippen molar-refractivity contribution >= 4 is 33.2 Å². The van der Waals surface area contributed by atoms with Gasteiger partial charge in [-0.2, -0.15) is 0 Å². The first-order valence-electron chi connectivity index (χ1n) is 11.2. The first-order valence-corrected chi connectivity index (χ1v) is 12.7. The zero-order valence-electron chi connectivity index (χ0n) is 19.5. The number of benzene rings is 3. The predicted octanol–water partition coefficient (Wildman–Crippen LogP) is 3.98. The third-order valence-corrected chi connectivity index (χ3v) is 7.14. The Hall–Kier alpha value is -4.57. The van der Waals surface area contributed by atoms with Crippen LogP contribution in [-0.4, -0.2) is 31.8 Å². The highest BCUT2D eigenvalue weighted by Crippen LogP contribution is 2.24. The molecule has 0 bridgehead atoms. The Labute approximate surface area is 213 Å². The molecule has 0 atom stereocenters. The average Bonchev–Trinajstić information content (AvgIpc) is 2.92. The largest absolute Gasteiger partial charge is 0.348 e. The number of hydrogen-bond donors (Lipinski definition) is 2. The Morgan fingerprint density at radius 1 is 0.865 bits per heavy atom. The van der Waals surface area contributed by atoms with Crippen LogP contribution in [0.2, 0.25) is 0 Å². The second-order valence-electron chi connectivity index (χ2n) is 7.94. The van der Waals surface area contributed by atoms with E-state index in [0.717, 1.165) is 22.0 Å². The monoisotopic (exact) mass is 518 g/mol. The van der Waals surface area contributed by atoms with Gasteiger partial charge in [0.15, 0.2) is 0 Å². The number of carbonyl (C=O) groups is 2. The van der Waals surface area contributed by atoms with E-state index in [9.17, 15) is 22.4 Å². The van der Waals surface area contributed by atoms with Gasteiger partial charge in [0.05, 0.1) is 21.8 Å². The molecule has 0 aliphatic rings. The molecule has 1 heterocycles. The highest BCUT2D eigenvalue weighted by atomic mass is 32.2. The summed E-state index contributed by atoms with van der Waals surface area (Å²) in [5.74, 6) is -1.65.